The molecule has 0 fully saturated rings. The highest BCUT2D eigenvalue weighted by Crippen LogP contribution is 2.05. The van der Waals surface area contributed by atoms with Gasteiger partial charge in [-0.25, -0.2) is 5.84 Å². The maximum absolute atomic E-state index is 10.6. The number of allylic oxidation sites excluding steroid dienone is 1. The predicted octanol–water partition coefficient (Wildman–Crippen LogP) is 0.206. The van der Waals surface area contributed by atoms with Gasteiger partial charge in [0.1, 0.15) is 12.3 Å². The van der Waals surface area contributed by atoms with Crippen LogP contribution in [0, 0.1) is 5.92 Å². The molecule has 0 rings (SSSR count). The Morgan fingerprint density at radius 1 is 1.50 bits per heavy atom. The molecule has 0 aliphatic carbocycles. The minimum Gasteiger partial charge on any atom is -0.401 e. The molecule has 4 N–H and O–H groups in total. The Balaban J connectivity index is 4.31. The minimum absolute atomic E-state index is 0.183. The van der Waals surface area contributed by atoms with Crippen molar-refractivity contribution in [1.29, 1.82) is 0 Å². The topological polar surface area (TPSA) is 72.3 Å². The van der Waals surface area contributed by atoms with E-state index in [1.54, 1.807) is 13.1 Å². The number of aldehydes is 1. The average molecular weight is 171 g/mol. The van der Waals surface area contributed by atoms with Gasteiger partial charge in [-0.15, -0.1) is 0 Å². The summed E-state index contributed by atoms with van der Waals surface area (Å²) >= 11 is 0. The number of carbonyl (C=O) groups is 1. The third-order valence-electron chi connectivity index (χ3n) is 1.52. The first-order valence-corrected chi connectivity index (χ1v) is 3.91. The van der Waals surface area contributed by atoms with Crippen molar-refractivity contribution >= 4 is 6.29 Å². The summed E-state index contributed by atoms with van der Waals surface area (Å²) in [6.45, 7) is 5.58. The Morgan fingerprint density at radius 2 is 2.00 bits per heavy atom. The SMILES string of the molecule is C/C(N)=C/N(N)C(C=O)C(C)C. The van der Waals surface area contributed by atoms with Crippen LogP contribution in [0.25, 0.3) is 0 Å². The summed E-state index contributed by atoms with van der Waals surface area (Å²) in [4.78, 5) is 10.6. The minimum atomic E-state index is -0.302. The fraction of sp³-hybridized carbons (Fsp3) is 0.625. The van der Waals surface area contributed by atoms with E-state index in [-0.39, 0.29) is 12.0 Å². The van der Waals surface area contributed by atoms with Gasteiger partial charge in [0.05, 0.1) is 0 Å². The number of rotatable bonds is 4. The van der Waals surface area contributed by atoms with Crippen LogP contribution in [0.1, 0.15) is 20.8 Å². The number of hydrogen-bond acceptors (Lipinski definition) is 4. The lowest BCUT2D eigenvalue weighted by molar-refractivity contribution is -0.112. The Bertz CT molecular complexity index is 173. The predicted molar refractivity (Wildman–Crippen MR) is 48.7 cm³/mol. The first-order valence-electron chi connectivity index (χ1n) is 3.91. The first-order chi connectivity index (χ1) is 5.49. The molecule has 0 aromatic carbocycles. The van der Waals surface area contributed by atoms with Crippen LogP contribution in [0.4, 0.5) is 0 Å². The van der Waals surface area contributed by atoms with Crippen molar-refractivity contribution in [2.75, 3.05) is 0 Å². The summed E-state index contributed by atoms with van der Waals surface area (Å²) in [7, 11) is 0. The molecule has 0 spiro atoms. The number of hydrogen-bond donors (Lipinski definition) is 2. The summed E-state index contributed by atoms with van der Waals surface area (Å²) in [5, 5.41) is 1.34. The van der Waals surface area contributed by atoms with Crippen molar-refractivity contribution in [3.05, 3.63) is 11.9 Å². The van der Waals surface area contributed by atoms with Crippen molar-refractivity contribution in [2.45, 2.75) is 26.8 Å². The highest BCUT2D eigenvalue weighted by molar-refractivity contribution is 5.58. The summed E-state index contributed by atoms with van der Waals surface area (Å²) in [6, 6.07) is -0.302. The molecule has 0 bridgehead atoms. The Kier molecular flexibility index (Phi) is 4.36. The zero-order valence-corrected chi connectivity index (χ0v) is 7.82. The smallest absolute Gasteiger partial charge is 0.144 e. The van der Waals surface area contributed by atoms with Crippen LogP contribution in [0.3, 0.4) is 0 Å². The van der Waals surface area contributed by atoms with Crippen LogP contribution in [0.5, 0.6) is 0 Å². The van der Waals surface area contributed by atoms with Gasteiger partial charge >= 0.3 is 0 Å². The Labute approximate surface area is 73.2 Å². The van der Waals surface area contributed by atoms with Gasteiger partial charge in [0.2, 0.25) is 0 Å². The molecule has 4 heteroatoms. The standard InChI is InChI=1S/C8H17N3O/c1-6(2)8(5-12)11(10)4-7(3)9/h4-6,8H,9-10H2,1-3H3/b7-4-. The van der Waals surface area contributed by atoms with Gasteiger partial charge in [-0.3, -0.25) is 0 Å². The lowest BCUT2D eigenvalue weighted by Gasteiger charge is -2.24. The fourth-order valence-corrected chi connectivity index (χ4v) is 0.893. The molecule has 4 nitrogen and oxygen atoms in total. The van der Waals surface area contributed by atoms with Gasteiger partial charge in [-0.2, -0.15) is 0 Å². The largest absolute Gasteiger partial charge is 0.401 e. The molecule has 0 amide bonds. The molecule has 0 heterocycles. The van der Waals surface area contributed by atoms with Gasteiger partial charge in [0, 0.05) is 11.9 Å². The lowest BCUT2D eigenvalue weighted by Crippen LogP contribution is -2.41. The van der Waals surface area contributed by atoms with E-state index in [0.29, 0.717) is 5.70 Å². The van der Waals surface area contributed by atoms with E-state index in [1.165, 1.54) is 5.01 Å². The highest BCUT2D eigenvalue weighted by atomic mass is 16.1. The lowest BCUT2D eigenvalue weighted by atomic mass is 10.1. The zero-order chi connectivity index (χ0) is 9.72. The second-order valence-electron chi connectivity index (χ2n) is 3.19. The fourth-order valence-electron chi connectivity index (χ4n) is 0.893. The van der Waals surface area contributed by atoms with Crippen LogP contribution in [0.2, 0.25) is 0 Å². The highest BCUT2D eigenvalue weighted by Gasteiger charge is 2.15. The van der Waals surface area contributed by atoms with E-state index in [1.807, 2.05) is 13.8 Å². The molecular formula is C8H17N3O. The molecule has 0 aliphatic heterocycles. The molecule has 1 atom stereocenters. The Hall–Kier alpha value is -1.03. The van der Waals surface area contributed by atoms with Crippen LogP contribution in [0.15, 0.2) is 11.9 Å². The van der Waals surface area contributed by atoms with Gasteiger partial charge in [-0.05, 0) is 12.8 Å². The average Bonchev–Trinajstić information content (AvgIpc) is 1.85. The molecule has 0 aromatic rings. The Morgan fingerprint density at radius 3 is 2.25 bits per heavy atom. The molecule has 1 unspecified atom stereocenters. The summed E-state index contributed by atoms with van der Waals surface area (Å²) < 4.78 is 0. The number of carbonyl (C=O) groups excluding carboxylic acids is 1. The molecular weight excluding hydrogens is 154 g/mol. The second-order valence-corrected chi connectivity index (χ2v) is 3.19. The van der Waals surface area contributed by atoms with E-state index in [0.717, 1.165) is 6.29 Å². The van der Waals surface area contributed by atoms with Crippen molar-refractivity contribution < 1.29 is 4.79 Å². The number of hydrazine groups is 1. The van der Waals surface area contributed by atoms with E-state index in [4.69, 9.17) is 11.6 Å². The van der Waals surface area contributed by atoms with Crippen LogP contribution >= 0.6 is 0 Å². The molecule has 0 aliphatic rings. The van der Waals surface area contributed by atoms with Crippen LogP contribution in [-0.2, 0) is 4.79 Å². The van der Waals surface area contributed by atoms with Gasteiger partial charge in [0.25, 0.3) is 0 Å². The quantitative estimate of drug-likeness (QED) is 0.360. The van der Waals surface area contributed by atoms with E-state index in [9.17, 15) is 4.79 Å². The number of nitrogens with two attached hydrogens (primary N) is 2. The third kappa shape index (κ3) is 3.39. The van der Waals surface area contributed by atoms with Crippen molar-refractivity contribution in [3.8, 4) is 0 Å². The first kappa shape index (κ1) is 11.0. The molecule has 70 valence electrons. The molecule has 12 heavy (non-hydrogen) atoms. The van der Waals surface area contributed by atoms with Gasteiger partial charge < -0.3 is 15.5 Å². The van der Waals surface area contributed by atoms with E-state index in [2.05, 4.69) is 0 Å². The van der Waals surface area contributed by atoms with Gasteiger partial charge in [0.15, 0.2) is 0 Å². The van der Waals surface area contributed by atoms with Crippen molar-refractivity contribution in [3.63, 3.8) is 0 Å². The summed E-state index contributed by atoms with van der Waals surface area (Å²) in [5.74, 6) is 5.76. The molecule has 0 saturated heterocycles. The molecule has 0 saturated carbocycles. The van der Waals surface area contributed by atoms with Gasteiger partial charge in [-0.1, -0.05) is 13.8 Å². The van der Waals surface area contributed by atoms with Crippen molar-refractivity contribution in [1.82, 2.24) is 5.01 Å². The van der Waals surface area contributed by atoms with Crippen LogP contribution in [-0.4, -0.2) is 17.3 Å². The van der Waals surface area contributed by atoms with E-state index < -0.39 is 0 Å². The van der Waals surface area contributed by atoms with E-state index >= 15 is 0 Å². The second kappa shape index (κ2) is 4.77. The maximum atomic E-state index is 10.6. The maximum Gasteiger partial charge on any atom is 0.144 e. The zero-order valence-electron chi connectivity index (χ0n) is 7.82. The third-order valence-corrected chi connectivity index (χ3v) is 1.52. The molecule has 0 aromatic heterocycles. The normalized spacial score (nSPS) is 14.6. The molecule has 0 radical (unpaired) electrons. The monoisotopic (exact) mass is 171 g/mol. The van der Waals surface area contributed by atoms with Crippen LogP contribution < -0.4 is 11.6 Å². The number of nitrogens with zero attached hydrogens (tertiary/aromatic N) is 1. The summed E-state index contributed by atoms with van der Waals surface area (Å²) in [6.07, 6.45) is 2.38. The van der Waals surface area contributed by atoms with Crippen molar-refractivity contribution in [2.24, 2.45) is 17.5 Å². The summed E-state index contributed by atoms with van der Waals surface area (Å²) in [5.41, 5.74) is 6.00.